The Morgan fingerprint density at radius 3 is 2.05 bits per heavy atom. The van der Waals surface area contributed by atoms with E-state index in [-0.39, 0.29) is 4.90 Å². The van der Waals surface area contributed by atoms with Crippen molar-refractivity contribution in [2.75, 3.05) is 11.8 Å². The van der Waals surface area contributed by atoms with Gasteiger partial charge in [-0.2, -0.15) is 0 Å². The van der Waals surface area contributed by atoms with Crippen molar-refractivity contribution >= 4 is 38.9 Å². The summed E-state index contributed by atoms with van der Waals surface area (Å²) in [5, 5.41) is 0.704. The van der Waals surface area contributed by atoms with Gasteiger partial charge in [0.2, 0.25) is 0 Å². The third-order valence-electron chi connectivity index (χ3n) is 2.48. The van der Waals surface area contributed by atoms with E-state index in [1.165, 1.54) is 37.4 Å². The lowest BCUT2D eigenvalue weighted by Gasteiger charge is -2.09. The van der Waals surface area contributed by atoms with Crippen LogP contribution >= 0.6 is 23.2 Å². The second kappa shape index (κ2) is 5.91. The van der Waals surface area contributed by atoms with E-state index in [2.05, 4.69) is 4.72 Å². The van der Waals surface area contributed by atoms with Crippen molar-refractivity contribution in [1.29, 1.82) is 0 Å². The van der Waals surface area contributed by atoms with E-state index in [0.29, 0.717) is 21.5 Å². The minimum Gasteiger partial charge on any atom is -0.497 e. The summed E-state index contributed by atoms with van der Waals surface area (Å²) in [6.45, 7) is 0. The van der Waals surface area contributed by atoms with E-state index in [0.717, 1.165) is 0 Å². The van der Waals surface area contributed by atoms with Gasteiger partial charge in [0.15, 0.2) is 0 Å². The number of hydrogen-bond donors (Lipinski definition) is 1. The first-order valence-electron chi connectivity index (χ1n) is 5.54. The molecule has 2 aromatic rings. The number of ether oxygens (including phenoxy) is 1. The third-order valence-corrected chi connectivity index (χ3v) is 4.32. The lowest BCUT2D eigenvalue weighted by Crippen LogP contribution is -2.12. The van der Waals surface area contributed by atoms with Crippen LogP contribution in [0.2, 0.25) is 10.0 Å². The fourth-order valence-electron chi connectivity index (χ4n) is 1.58. The largest absolute Gasteiger partial charge is 0.497 e. The zero-order valence-corrected chi connectivity index (χ0v) is 12.8. The zero-order chi connectivity index (χ0) is 14.8. The predicted octanol–water partition coefficient (Wildman–Crippen LogP) is 3.80. The molecule has 0 spiro atoms. The maximum absolute atomic E-state index is 12.2. The SMILES string of the molecule is COc1ccc(S(=O)(=O)Nc2cc(Cl)cc(Cl)c2)cc1. The van der Waals surface area contributed by atoms with E-state index in [1.54, 1.807) is 12.1 Å². The first-order chi connectivity index (χ1) is 9.40. The standard InChI is InChI=1S/C13H11Cl2NO3S/c1-19-12-2-4-13(5-3-12)20(17,18)16-11-7-9(14)6-10(15)8-11/h2-8,16H,1H3. The Morgan fingerprint density at radius 1 is 1.00 bits per heavy atom. The van der Waals surface area contributed by atoms with Crippen molar-refractivity contribution in [3.8, 4) is 5.75 Å². The molecule has 0 aliphatic carbocycles. The average molecular weight is 332 g/mol. The van der Waals surface area contributed by atoms with E-state index in [1.807, 2.05) is 0 Å². The zero-order valence-electron chi connectivity index (χ0n) is 10.4. The second-order valence-electron chi connectivity index (χ2n) is 3.94. The Balaban J connectivity index is 2.30. The Hall–Kier alpha value is -1.43. The van der Waals surface area contributed by atoms with Crippen LogP contribution in [0.15, 0.2) is 47.4 Å². The van der Waals surface area contributed by atoms with Gasteiger partial charge < -0.3 is 4.74 Å². The molecule has 1 N–H and O–H groups in total. The Labute approximate surface area is 127 Å². The minimum absolute atomic E-state index is 0.120. The molecule has 0 saturated carbocycles. The molecule has 2 rings (SSSR count). The van der Waals surface area contributed by atoms with Crippen molar-refractivity contribution < 1.29 is 13.2 Å². The Kier molecular flexibility index (Phi) is 4.42. The van der Waals surface area contributed by atoms with Gasteiger partial charge in [-0.05, 0) is 42.5 Å². The van der Waals surface area contributed by atoms with Crippen molar-refractivity contribution in [1.82, 2.24) is 0 Å². The number of nitrogens with one attached hydrogen (secondary N) is 1. The summed E-state index contributed by atoms with van der Waals surface area (Å²) in [7, 11) is -2.19. The van der Waals surface area contributed by atoms with Crippen LogP contribution in [0.1, 0.15) is 0 Å². The van der Waals surface area contributed by atoms with Gasteiger partial charge in [-0.25, -0.2) is 8.42 Å². The van der Waals surface area contributed by atoms with E-state index >= 15 is 0 Å². The molecule has 4 nitrogen and oxygen atoms in total. The number of anilines is 1. The molecule has 0 saturated heterocycles. The van der Waals surface area contributed by atoms with E-state index in [4.69, 9.17) is 27.9 Å². The van der Waals surface area contributed by atoms with Crippen LogP contribution in [0.25, 0.3) is 0 Å². The fourth-order valence-corrected chi connectivity index (χ4v) is 3.15. The van der Waals surface area contributed by atoms with Crippen LogP contribution in [0.4, 0.5) is 5.69 Å². The van der Waals surface area contributed by atoms with Gasteiger partial charge in [0, 0.05) is 10.0 Å². The summed E-state index contributed by atoms with van der Waals surface area (Å²) in [4.78, 5) is 0.120. The highest BCUT2D eigenvalue weighted by atomic mass is 35.5. The van der Waals surface area contributed by atoms with E-state index < -0.39 is 10.0 Å². The molecule has 0 fully saturated rings. The molecule has 0 radical (unpaired) electrons. The van der Waals surface area contributed by atoms with Crippen LogP contribution in [0.5, 0.6) is 5.75 Å². The molecule has 0 amide bonds. The van der Waals surface area contributed by atoms with Crippen molar-refractivity contribution in [3.63, 3.8) is 0 Å². The van der Waals surface area contributed by atoms with Gasteiger partial charge in [0.25, 0.3) is 10.0 Å². The maximum Gasteiger partial charge on any atom is 0.261 e. The third kappa shape index (κ3) is 3.56. The molecule has 0 aliphatic rings. The number of halogens is 2. The van der Waals surface area contributed by atoms with E-state index in [9.17, 15) is 8.42 Å². The van der Waals surface area contributed by atoms with Crippen LogP contribution in [0, 0.1) is 0 Å². The topological polar surface area (TPSA) is 55.4 Å². The molecule has 0 heterocycles. The molecule has 20 heavy (non-hydrogen) atoms. The first-order valence-corrected chi connectivity index (χ1v) is 7.77. The average Bonchev–Trinajstić information content (AvgIpc) is 2.37. The van der Waals surface area contributed by atoms with Crippen LogP contribution in [-0.2, 0) is 10.0 Å². The monoisotopic (exact) mass is 331 g/mol. The molecular formula is C13H11Cl2NO3S. The van der Waals surface area contributed by atoms with Gasteiger partial charge in [-0.15, -0.1) is 0 Å². The first kappa shape index (κ1) is 15.0. The molecule has 0 aliphatic heterocycles. The summed E-state index contributed by atoms with van der Waals surface area (Å²) in [6, 6.07) is 10.5. The summed E-state index contributed by atoms with van der Waals surface area (Å²) in [5.41, 5.74) is 0.304. The lowest BCUT2D eigenvalue weighted by molar-refractivity contribution is 0.414. The van der Waals surface area contributed by atoms with Crippen molar-refractivity contribution in [2.24, 2.45) is 0 Å². The van der Waals surface area contributed by atoms with Crippen molar-refractivity contribution in [3.05, 3.63) is 52.5 Å². The highest BCUT2D eigenvalue weighted by Crippen LogP contribution is 2.25. The molecule has 0 aromatic heterocycles. The highest BCUT2D eigenvalue weighted by Gasteiger charge is 2.14. The Morgan fingerprint density at radius 2 is 1.55 bits per heavy atom. The molecular weight excluding hydrogens is 321 g/mol. The van der Waals surface area contributed by atoms with Gasteiger partial charge >= 0.3 is 0 Å². The molecule has 7 heteroatoms. The van der Waals surface area contributed by atoms with Gasteiger partial charge in [0.1, 0.15) is 5.75 Å². The number of hydrogen-bond acceptors (Lipinski definition) is 3. The quantitative estimate of drug-likeness (QED) is 0.926. The molecule has 0 unspecified atom stereocenters. The Bertz CT molecular complexity index is 695. The minimum atomic E-state index is -3.69. The molecule has 106 valence electrons. The van der Waals surface area contributed by atoms with Crippen LogP contribution < -0.4 is 9.46 Å². The maximum atomic E-state index is 12.2. The number of sulfonamides is 1. The lowest BCUT2D eigenvalue weighted by atomic mass is 10.3. The molecule has 0 atom stereocenters. The number of methoxy groups -OCH3 is 1. The molecule has 0 bridgehead atoms. The summed E-state index contributed by atoms with van der Waals surface area (Å²) in [6.07, 6.45) is 0. The van der Waals surface area contributed by atoms with Crippen LogP contribution in [-0.4, -0.2) is 15.5 Å². The van der Waals surface area contributed by atoms with Crippen LogP contribution in [0.3, 0.4) is 0 Å². The predicted molar refractivity (Wildman–Crippen MR) is 80.3 cm³/mol. The highest BCUT2D eigenvalue weighted by molar-refractivity contribution is 7.92. The summed E-state index contributed by atoms with van der Waals surface area (Å²) in [5.74, 6) is 0.578. The fraction of sp³-hybridized carbons (Fsp3) is 0.0769. The second-order valence-corrected chi connectivity index (χ2v) is 6.49. The van der Waals surface area contributed by atoms with Gasteiger partial charge in [-0.1, -0.05) is 23.2 Å². The van der Waals surface area contributed by atoms with Crippen molar-refractivity contribution in [2.45, 2.75) is 4.90 Å². The molecule has 2 aromatic carbocycles. The smallest absolute Gasteiger partial charge is 0.261 e. The number of rotatable bonds is 4. The summed E-state index contributed by atoms with van der Waals surface area (Å²) < 4.78 is 31.8. The normalized spacial score (nSPS) is 11.2. The van der Waals surface area contributed by atoms with Gasteiger partial charge in [-0.3, -0.25) is 4.72 Å². The summed E-state index contributed by atoms with van der Waals surface area (Å²) >= 11 is 11.7. The number of benzene rings is 2. The van der Waals surface area contributed by atoms with Gasteiger partial charge in [0.05, 0.1) is 17.7 Å².